The van der Waals surface area contributed by atoms with Crippen molar-refractivity contribution in [2.24, 2.45) is 5.41 Å². The van der Waals surface area contributed by atoms with Gasteiger partial charge < -0.3 is 9.88 Å². The standard InChI is InChI=1S/C18H17Cl2N3/c19-15-4-3-13(8-16(15)20)18-5-6-22-11-17(18,10-18)12-23-7-1-2-14(23)9-21/h1-4,7-8,22H,5-6,10-12H2/t17-,18-/m1/s1. The molecule has 1 aromatic carbocycles. The quantitative estimate of drug-likeness (QED) is 0.913. The molecule has 3 nitrogen and oxygen atoms in total. The Balaban J connectivity index is 1.71. The molecule has 1 aromatic heterocycles. The molecule has 1 saturated heterocycles. The van der Waals surface area contributed by atoms with Gasteiger partial charge >= 0.3 is 0 Å². The molecule has 2 fully saturated rings. The second-order valence-electron chi connectivity index (χ2n) is 6.73. The van der Waals surface area contributed by atoms with Crippen molar-refractivity contribution in [3.63, 3.8) is 0 Å². The van der Waals surface area contributed by atoms with Crippen LogP contribution in [0.3, 0.4) is 0 Å². The first-order chi connectivity index (χ1) is 11.1. The molecule has 2 aliphatic rings. The molecule has 2 heterocycles. The molecule has 0 radical (unpaired) electrons. The summed E-state index contributed by atoms with van der Waals surface area (Å²) in [6, 6.07) is 12.1. The van der Waals surface area contributed by atoms with E-state index in [-0.39, 0.29) is 10.8 Å². The van der Waals surface area contributed by atoms with Crippen molar-refractivity contribution in [3.8, 4) is 6.07 Å². The number of piperidine rings is 1. The monoisotopic (exact) mass is 345 g/mol. The van der Waals surface area contributed by atoms with Gasteiger partial charge in [-0.25, -0.2) is 0 Å². The Hall–Kier alpha value is -1.47. The van der Waals surface area contributed by atoms with Crippen LogP contribution in [-0.4, -0.2) is 17.7 Å². The summed E-state index contributed by atoms with van der Waals surface area (Å²) in [5, 5.41) is 14.0. The van der Waals surface area contributed by atoms with E-state index in [1.54, 1.807) is 0 Å². The molecular formula is C18H17Cl2N3. The Bertz CT molecular complexity index is 807. The van der Waals surface area contributed by atoms with Gasteiger partial charge in [0.15, 0.2) is 0 Å². The fraction of sp³-hybridized carbons (Fsp3) is 0.389. The lowest BCUT2D eigenvalue weighted by Gasteiger charge is -2.32. The summed E-state index contributed by atoms with van der Waals surface area (Å²) in [6.07, 6.45) is 4.21. The number of benzene rings is 1. The van der Waals surface area contributed by atoms with Gasteiger partial charge in [0.05, 0.1) is 10.0 Å². The summed E-state index contributed by atoms with van der Waals surface area (Å²) >= 11 is 12.3. The molecule has 1 aliphatic heterocycles. The van der Waals surface area contributed by atoms with Crippen LogP contribution in [0.15, 0.2) is 36.5 Å². The van der Waals surface area contributed by atoms with E-state index < -0.39 is 0 Å². The fourth-order valence-corrected chi connectivity index (χ4v) is 4.64. The van der Waals surface area contributed by atoms with E-state index >= 15 is 0 Å². The maximum Gasteiger partial charge on any atom is 0.120 e. The van der Waals surface area contributed by atoms with Crippen LogP contribution in [0, 0.1) is 16.7 Å². The average Bonchev–Trinajstić information content (AvgIpc) is 3.03. The molecule has 4 rings (SSSR count). The molecule has 0 spiro atoms. The lowest BCUT2D eigenvalue weighted by molar-refractivity contribution is 0.285. The van der Waals surface area contributed by atoms with Gasteiger partial charge in [-0.1, -0.05) is 29.3 Å². The third kappa shape index (κ3) is 2.21. The lowest BCUT2D eigenvalue weighted by Crippen LogP contribution is -2.40. The number of aromatic nitrogens is 1. The van der Waals surface area contributed by atoms with Gasteiger partial charge in [-0.2, -0.15) is 5.26 Å². The summed E-state index contributed by atoms with van der Waals surface area (Å²) in [6.45, 7) is 2.84. The molecule has 0 bridgehead atoms. The van der Waals surface area contributed by atoms with Crippen molar-refractivity contribution < 1.29 is 0 Å². The molecule has 1 saturated carbocycles. The highest BCUT2D eigenvalue weighted by atomic mass is 35.5. The van der Waals surface area contributed by atoms with Crippen molar-refractivity contribution in [2.45, 2.75) is 24.8 Å². The SMILES string of the molecule is N#Cc1cccn1C[C@@]12CNCC[C@]1(c1ccc(Cl)c(Cl)c1)C2. The van der Waals surface area contributed by atoms with E-state index in [2.05, 4.69) is 22.0 Å². The molecule has 0 amide bonds. The largest absolute Gasteiger partial charge is 0.339 e. The smallest absolute Gasteiger partial charge is 0.120 e. The first kappa shape index (κ1) is 15.1. The van der Waals surface area contributed by atoms with E-state index in [0.717, 1.165) is 38.2 Å². The van der Waals surface area contributed by atoms with Crippen molar-refractivity contribution in [2.75, 3.05) is 13.1 Å². The van der Waals surface area contributed by atoms with Gasteiger partial charge in [0.1, 0.15) is 11.8 Å². The summed E-state index contributed by atoms with van der Waals surface area (Å²) in [4.78, 5) is 0. The number of nitrogens with one attached hydrogen (secondary N) is 1. The van der Waals surface area contributed by atoms with E-state index in [9.17, 15) is 5.26 Å². The first-order valence-corrected chi connectivity index (χ1v) is 8.57. The molecule has 0 unspecified atom stereocenters. The molecule has 2 atom stereocenters. The zero-order chi connectivity index (χ0) is 16.1. The highest BCUT2D eigenvalue weighted by molar-refractivity contribution is 6.42. The maximum absolute atomic E-state index is 9.26. The zero-order valence-electron chi connectivity index (χ0n) is 12.6. The molecule has 118 valence electrons. The Labute approximate surface area is 145 Å². The van der Waals surface area contributed by atoms with Crippen molar-refractivity contribution in [1.29, 1.82) is 5.26 Å². The van der Waals surface area contributed by atoms with E-state index in [0.29, 0.717) is 10.0 Å². The minimum absolute atomic E-state index is 0.142. The van der Waals surface area contributed by atoms with Gasteiger partial charge in [-0.15, -0.1) is 0 Å². The van der Waals surface area contributed by atoms with Crippen LogP contribution in [0.25, 0.3) is 0 Å². The number of hydrogen-bond donors (Lipinski definition) is 1. The molecule has 1 N–H and O–H groups in total. The molecular weight excluding hydrogens is 329 g/mol. The van der Waals surface area contributed by atoms with Crippen LogP contribution in [0.5, 0.6) is 0 Å². The summed E-state index contributed by atoms with van der Waals surface area (Å²) in [7, 11) is 0. The van der Waals surface area contributed by atoms with Crippen LogP contribution in [0.4, 0.5) is 0 Å². The number of hydrogen-bond acceptors (Lipinski definition) is 2. The predicted octanol–water partition coefficient (Wildman–Crippen LogP) is 3.99. The average molecular weight is 346 g/mol. The second-order valence-corrected chi connectivity index (χ2v) is 7.54. The van der Waals surface area contributed by atoms with E-state index in [1.165, 1.54) is 5.56 Å². The first-order valence-electron chi connectivity index (χ1n) is 7.82. The number of nitriles is 1. The Morgan fingerprint density at radius 3 is 2.91 bits per heavy atom. The molecule has 23 heavy (non-hydrogen) atoms. The van der Waals surface area contributed by atoms with Crippen LogP contribution in [0.2, 0.25) is 10.0 Å². The minimum Gasteiger partial charge on any atom is -0.339 e. The number of halogens is 2. The van der Waals surface area contributed by atoms with Gasteiger partial charge in [0, 0.05) is 30.1 Å². The Morgan fingerprint density at radius 2 is 2.13 bits per heavy atom. The summed E-state index contributed by atoms with van der Waals surface area (Å²) in [5.74, 6) is 0. The van der Waals surface area contributed by atoms with E-state index in [1.807, 2.05) is 30.5 Å². The van der Waals surface area contributed by atoms with Crippen molar-refractivity contribution >= 4 is 23.2 Å². The highest BCUT2D eigenvalue weighted by Crippen LogP contribution is 2.68. The van der Waals surface area contributed by atoms with Gasteiger partial charge in [0.25, 0.3) is 0 Å². The Morgan fingerprint density at radius 1 is 1.26 bits per heavy atom. The van der Waals surface area contributed by atoms with Crippen molar-refractivity contribution in [3.05, 3.63) is 57.8 Å². The summed E-state index contributed by atoms with van der Waals surface area (Å²) < 4.78 is 2.08. The van der Waals surface area contributed by atoms with Gasteiger partial charge in [0.2, 0.25) is 0 Å². The van der Waals surface area contributed by atoms with E-state index in [4.69, 9.17) is 23.2 Å². The normalized spacial score (nSPS) is 28.9. The van der Waals surface area contributed by atoms with Gasteiger partial charge in [-0.3, -0.25) is 0 Å². The van der Waals surface area contributed by atoms with Crippen LogP contribution in [0.1, 0.15) is 24.1 Å². The molecule has 5 heteroatoms. The molecule has 1 aliphatic carbocycles. The topological polar surface area (TPSA) is 40.8 Å². The maximum atomic E-state index is 9.26. The van der Waals surface area contributed by atoms with Crippen LogP contribution in [-0.2, 0) is 12.0 Å². The molecule has 2 aromatic rings. The number of nitrogens with zero attached hydrogens (tertiary/aromatic N) is 2. The Kier molecular flexibility index (Phi) is 3.46. The van der Waals surface area contributed by atoms with Gasteiger partial charge in [-0.05, 0) is 49.2 Å². The summed E-state index contributed by atoms with van der Waals surface area (Å²) in [5.41, 5.74) is 2.29. The third-order valence-electron chi connectivity index (χ3n) is 5.61. The number of rotatable bonds is 3. The minimum atomic E-state index is 0.142. The highest BCUT2D eigenvalue weighted by Gasteiger charge is 2.68. The predicted molar refractivity (Wildman–Crippen MR) is 91.8 cm³/mol. The lowest BCUT2D eigenvalue weighted by atomic mass is 9.81. The van der Waals surface area contributed by atoms with Crippen molar-refractivity contribution in [1.82, 2.24) is 9.88 Å². The zero-order valence-corrected chi connectivity index (χ0v) is 14.2. The second kappa shape index (κ2) is 5.27. The fourth-order valence-electron chi connectivity index (χ4n) is 4.34. The van der Waals surface area contributed by atoms with Crippen LogP contribution < -0.4 is 5.32 Å². The van der Waals surface area contributed by atoms with Crippen LogP contribution >= 0.6 is 23.2 Å². The third-order valence-corrected chi connectivity index (χ3v) is 6.35. The number of fused-ring (bicyclic) bond motifs is 1.